The number of anilines is 1. The third-order valence-electron chi connectivity index (χ3n) is 6.61. The van der Waals surface area contributed by atoms with Crippen molar-refractivity contribution in [1.82, 2.24) is 19.9 Å². The summed E-state index contributed by atoms with van der Waals surface area (Å²) < 4.78 is 30.6. The van der Waals surface area contributed by atoms with Crippen LogP contribution in [0.1, 0.15) is 36.0 Å². The Labute approximate surface area is 206 Å². The topological polar surface area (TPSA) is 144 Å². The Morgan fingerprint density at radius 1 is 1.31 bits per heavy atom. The van der Waals surface area contributed by atoms with E-state index in [-0.39, 0.29) is 10.9 Å². The molecule has 1 fully saturated rings. The number of nitrogens with one attached hydrogen (secondary N) is 1. The van der Waals surface area contributed by atoms with Crippen LogP contribution in [0.25, 0.3) is 32.6 Å². The van der Waals surface area contributed by atoms with Gasteiger partial charge < -0.3 is 20.4 Å². The van der Waals surface area contributed by atoms with Crippen LogP contribution < -0.4 is 10.6 Å². The molecule has 1 atom stereocenters. The van der Waals surface area contributed by atoms with Crippen molar-refractivity contribution in [3.05, 3.63) is 35.0 Å². The van der Waals surface area contributed by atoms with E-state index in [2.05, 4.69) is 14.9 Å². The number of ether oxygens (including phenoxy) is 1. The van der Waals surface area contributed by atoms with Gasteiger partial charge in [0.15, 0.2) is 21.5 Å². The van der Waals surface area contributed by atoms with E-state index in [1.165, 1.54) is 0 Å². The summed E-state index contributed by atoms with van der Waals surface area (Å²) in [4.78, 5) is 32.1. The van der Waals surface area contributed by atoms with E-state index >= 15 is 0 Å². The number of nitrogens with two attached hydrogens (primary N) is 1. The summed E-state index contributed by atoms with van der Waals surface area (Å²) in [5.41, 5.74) is 7.92. The maximum atomic E-state index is 12.9. The van der Waals surface area contributed by atoms with Crippen LogP contribution in [0.3, 0.4) is 0 Å². The monoisotopic (exact) mass is 514 g/mol. The molecular formula is C23H26N6O4S2. The van der Waals surface area contributed by atoms with E-state index in [1.54, 1.807) is 26.2 Å². The first kappa shape index (κ1) is 23.6. The van der Waals surface area contributed by atoms with Crippen LogP contribution in [0.15, 0.2) is 24.5 Å². The number of aromatic nitrogens is 4. The predicted molar refractivity (Wildman–Crippen MR) is 137 cm³/mol. The first-order valence-electron chi connectivity index (χ1n) is 11.1. The highest BCUT2D eigenvalue weighted by atomic mass is 32.2. The Morgan fingerprint density at radius 3 is 2.77 bits per heavy atom. The fourth-order valence-corrected chi connectivity index (χ4v) is 6.28. The lowest BCUT2D eigenvalue weighted by Crippen LogP contribution is -2.44. The minimum Gasteiger partial charge on any atom is -0.377 e. The smallest absolute Gasteiger partial charge is 0.259 e. The van der Waals surface area contributed by atoms with Gasteiger partial charge in [-0.15, -0.1) is 11.3 Å². The van der Waals surface area contributed by atoms with Crippen molar-refractivity contribution in [3.8, 4) is 11.4 Å². The average Bonchev–Trinajstić information content (AvgIpc) is 3.43. The number of carbonyl (C=O) groups excluding carboxylic acids is 1. The first-order chi connectivity index (χ1) is 16.5. The molecule has 1 amide bonds. The summed E-state index contributed by atoms with van der Waals surface area (Å²) in [6.07, 6.45) is 4.61. The molecule has 0 aromatic carbocycles. The number of pyridine rings is 1. The summed E-state index contributed by atoms with van der Waals surface area (Å²) >= 11 is 1.14. The van der Waals surface area contributed by atoms with Crippen molar-refractivity contribution >= 4 is 54.1 Å². The average molecular weight is 515 g/mol. The predicted octanol–water partition coefficient (Wildman–Crippen LogP) is 2.84. The second-order valence-electron chi connectivity index (χ2n) is 9.22. The van der Waals surface area contributed by atoms with Gasteiger partial charge in [-0.25, -0.2) is 23.4 Å². The molecule has 5 heterocycles. The van der Waals surface area contributed by atoms with Crippen LogP contribution in [-0.2, 0) is 19.3 Å². The Bertz CT molecular complexity index is 1570. The van der Waals surface area contributed by atoms with Gasteiger partial charge in [0.1, 0.15) is 5.65 Å². The maximum absolute atomic E-state index is 12.9. The number of fused-ring (bicyclic) bond motifs is 2. The Hall–Kier alpha value is -3.09. The lowest BCUT2D eigenvalue weighted by atomic mass is 10.0. The van der Waals surface area contributed by atoms with Crippen LogP contribution in [0.5, 0.6) is 0 Å². The first-order valence-corrected chi connectivity index (χ1v) is 13.8. The van der Waals surface area contributed by atoms with Crippen LogP contribution >= 0.6 is 11.3 Å². The lowest BCUT2D eigenvalue weighted by Gasteiger charge is -2.34. The van der Waals surface area contributed by atoms with Crippen molar-refractivity contribution < 1.29 is 17.9 Å². The zero-order valence-corrected chi connectivity index (χ0v) is 21.5. The number of sulfone groups is 1. The molecule has 0 saturated carbocycles. The summed E-state index contributed by atoms with van der Waals surface area (Å²) in [7, 11) is -3.63. The number of thiophene rings is 1. The fourth-order valence-electron chi connectivity index (χ4n) is 4.39. The summed E-state index contributed by atoms with van der Waals surface area (Å²) in [6, 6.07) is 3.74. The molecule has 5 rings (SSSR count). The molecule has 0 unspecified atom stereocenters. The molecule has 1 aliphatic heterocycles. The van der Waals surface area contributed by atoms with Crippen molar-refractivity contribution in [2.24, 2.45) is 5.73 Å². The van der Waals surface area contributed by atoms with Gasteiger partial charge in [-0.1, -0.05) is 0 Å². The largest absolute Gasteiger partial charge is 0.377 e. The highest BCUT2D eigenvalue weighted by Crippen LogP contribution is 2.45. The van der Waals surface area contributed by atoms with Crippen molar-refractivity contribution in [1.29, 1.82) is 0 Å². The third kappa shape index (κ3) is 3.76. The molecule has 1 aliphatic rings. The number of morpholine rings is 1. The van der Waals surface area contributed by atoms with Gasteiger partial charge in [-0.3, -0.25) is 4.79 Å². The summed E-state index contributed by atoms with van der Waals surface area (Å²) in [6.45, 7) is 6.83. The lowest BCUT2D eigenvalue weighted by molar-refractivity contribution is 0.0987. The number of H-pyrrole nitrogens is 1. The van der Waals surface area contributed by atoms with Gasteiger partial charge >= 0.3 is 0 Å². The van der Waals surface area contributed by atoms with Crippen molar-refractivity contribution in [2.45, 2.75) is 31.6 Å². The second kappa shape index (κ2) is 8.25. The highest BCUT2D eigenvalue weighted by Gasteiger charge is 2.40. The molecule has 0 radical (unpaired) electrons. The van der Waals surface area contributed by atoms with E-state index in [0.29, 0.717) is 52.8 Å². The maximum Gasteiger partial charge on any atom is 0.259 e. The summed E-state index contributed by atoms with van der Waals surface area (Å²) in [5.74, 6) is 0.348. The molecule has 4 aromatic heterocycles. The SMILES string of the molecule is C[C@@H]1COCCN1c1nc(-c2ccnc3[nH]ccc23)nc2c(C(C)(C)S(C)(=O)=O)c(C(N)=O)sc12. The minimum atomic E-state index is -3.63. The molecule has 184 valence electrons. The molecule has 3 N–H and O–H groups in total. The second-order valence-corrected chi connectivity index (χ2v) is 12.8. The molecule has 0 bridgehead atoms. The number of aromatic amines is 1. The molecule has 4 aromatic rings. The standard InChI is InChI=1S/C23H26N6O4S2/c1-12-11-33-10-9-29(12)22-18-16(15(17(34-18)19(24)30)23(2,3)35(4,31)32)27-21(28-22)14-6-8-26-20-13(14)5-7-25-20/h5-8,12H,9-11H2,1-4H3,(H2,24,30)(H,25,26)/t12-/m1/s1. The summed E-state index contributed by atoms with van der Waals surface area (Å²) in [5, 5.41) is 0.835. The van der Waals surface area contributed by atoms with Crippen molar-refractivity contribution in [2.75, 3.05) is 30.9 Å². The van der Waals surface area contributed by atoms with Gasteiger partial charge in [-0.2, -0.15) is 0 Å². The number of nitrogens with zero attached hydrogens (tertiary/aromatic N) is 4. The molecule has 35 heavy (non-hydrogen) atoms. The molecular weight excluding hydrogens is 488 g/mol. The van der Waals surface area contributed by atoms with E-state index in [0.717, 1.165) is 28.5 Å². The Morgan fingerprint density at radius 2 is 2.09 bits per heavy atom. The third-order valence-corrected chi connectivity index (χ3v) is 9.86. The quantitative estimate of drug-likeness (QED) is 0.414. The minimum absolute atomic E-state index is 0.0184. The Balaban J connectivity index is 1.91. The number of hydrogen-bond donors (Lipinski definition) is 2. The molecule has 0 spiro atoms. The number of primary amides is 1. The van der Waals surface area contributed by atoms with Gasteiger partial charge in [0.2, 0.25) is 0 Å². The van der Waals surface area contributed by atoms with Gasteiger partial charge in [0, 0.05) is 41.7 Å². The zero-order chi connectivity index (χ0) is 25.1. The van der Waals surface area contributed by atoms with Gasteiger partial charge in [-0.05, 0) is 32.9 Å². The highest BCUT2D eigenvalue weighted by molar-refractivity contribution is 7.91. The van der Waals surface area contributed by atoms with Crippen LogP contribution in [-0.4, -0.2) is 66.3 Å². The fraction of sp³-hybridized carbons (Fsp3) is 0.391. The van der Waals surface area contributed by atoms with Crippen LogP contribution in [0.4, 0.5) is 5.82 Å². The van der Waals surface area contributed by atoms with Gasteiger partial charge in [0.25, 0.3) is 5.91 Å². The van der Waals surface area contributed by atoms with Gasteiger partial charge in [0.05, 0.1) is 39.1 Å². The normalized spacial score (nSPS) is 17.4. The van der Waals surface area contributed by atoms with E-state index in [9.17, 15) is 13.2 Å². The number of amides is 1. The zero-order valence-electron chi connectivity index (χ0n) is 19.8. The van der Waals surface area contributed by atoms with E-state index in [4.69, 9.17) is 20.4 Å². The molecule has 12 heteroatoms. The number of carbonyl (C=O) groups is 1. The van der Waals surface area contributed by atoms with Crippen molar-refractivity contribution in [3.63, 3.8) is 0 Å². The molecule has 1 saturated heterocycles. The molecule has 10 nitrogen and oxygen atoms in total. The number of rotatable bonds is 5. The molecule has 0 aliphatic carbocycles. The Kier molecular flexibility index (Phi) is 5.57. The van der Waals surface area contributed by atoms with Crippen LogP contribution in [0.2, 0.25) is 0 Å². The van der Waals surface area contributed by atoms with Crippen LogP contribution in [0, 0.1) is 0 Å². The van der Waals surface area contributed by atoms with E-state index in [1.807, 2.05) is 19.1 Å². The van der Waals surface area contributed by atoms with E-state index < -0.39 is 20.5 Å². The number of hydrogen-bond acceptors (Lipinski definition) is 9.